The second kappa shape index (κ2) is 3.12. The summed E-state index contributed by atoms with van der Waals surface area (Å²) in [5, 5.41) is 0. The Labute approximate surface area is 62.5 Å². The zero-order valence-electron chi connectivity index (χ0n) is 5.87. The van der Waals surface area contributed by atoms with E-state index in [0.717, 1.165) is 6.08 Å². The van der Waals surface area contributed by atoms with Gasteiger partial charge in [0.15, 0.2) is 5.76 Å². The number of furan rings is 1. The van der Waals surface area contributed by atoms with Gasteiger partial charge >= 0.3 is 0 Å². The predicted molar refractivity (Wildman–Crippen MR) is 35.4 cm³/mol. The van der Waals surface area contributed by atoms with Crippen LogP contribution in [0, 0.1) is 6.92 Å². The Morgan fingerprint density at radius 1 is 1.73 bits per heavy atom. The van der Waals surface area contributed by atoms with Crippen LogP contribution in [0.25, 0.3) is 0 Å². The summed E-state index contributed by atoms with van der Waals surface area (Å²) in [4.78, 5) is 12.5. The quantitative estimate of drug-likeness (QED) is 0.372. The van der Waals surface area contributed by atoms with E-state index in [4.69, 9.17) is 4.42 Å². The Hall–Kier alpha value is -1.41. The van der Waals surface area contributed by atoms with Crippen molar-refractivity contribution in [3.8, 4) is 0 Å². The van der Waals surface area contributed by atoms with Crippen LogP contribution in [0.15, 0.2) is 21.5 Å². The smallest absolute Gasteiger partial charge is 0.258 e. The molecule has 1 atom stereocenters. The molecule has 0 aliphatic rings. The van der Waals surface area contributed by atoms with E-state index < -0.39 is 6.30 Å². The van der Waals surface area contributed by atoms with Crippen molar-refractivity contribution in [2.75, 3.05) is 0 Å². The second-order valence-corrected chi connectivity index (χ2v) is 2.00. The van der Waals surface area contributed by atoms with E-state index in [1.165, 1.54) is 6.07 Å². The van der Waals surface area contributed by atoms with E-state index in [-0.39, 0.29) is 5.76 Å². The first-order valence-corrected chi connectivity index (χ1v) is 3.01. The van der Waals surface area contributed by atoms with Gasteiger partial charge in [-0.1, -0.05) is 0 Å². The summed E-state index contributed by atoms with van der Waals surface area (Å²) in [5.74, 6) is 0.620. The third-order valence-electron chi connectivity index (χ3n) is 1.16. The third kappa shape index (κ3) is 1.75. The Bertz CT molecular complexity index is 288. The zero-order valence-corrected chi connectivity index (χ0v) is 5.87. The van der Waals surface area contributed by atoms with E-state index >= 15 is 0 Å². The number of aliphatic imine (C=N–C) groups is 1. The Morgan fingerprint density at radius 3 is 2.91 bits per heavy atom. The highest BCUT2D eigenvalue weighted by molar-refractivity contribution is 5.33. The monoisotopic (exact) mass is 155 g/mol. The average molecular weight is 155 g/mol. The normalized spacial score (nSPS) is 12.2. The maximum atomic E-state index is 12.6. The largest absolute Gasteiger partial charge is 0.461 e. The molecule has 0 spiro atoms. The van der Waals surface area contributed by atoms with Gasteiger partial charge in [0.2, 0.25) is 6.08 Å². The highest BCUT2D eigenvalue weighted by Gasteiger charge is 2.10. The summed E-state index contributed by atoms with van der Waals surface area (Å²) in [6.45, 7) is 1.68. The highest BCUT2D eigenvalue weighted by atomic mass is 19.1. The summed E-state index contributed by atoms with van der Waals surface area (Å²) in [6, 6.07) is 3.03. The number of isocyanates is 1. The first-order valence-electron chi connectivity index (χ1n) is 3.01. The van der Waals surface area contributed by atoms with Crippen LogP contribution in [0.2, 0.25) is 0 Å². The first-order chi connectivity index (χ1) is 5.24. The second-order valence-electron chi connectivity index (χ2n) is 2.00. The number of hydrogen-bond acceptors (Lipinski definition) is 3. The molecule has 0 aliphatic heterocycles. The number of alkyl halides is 1. The summed E-state index contributed by atoms with van der Waals surface area (Å²) >= 11 is 0. The summed E-state index contributed by atoms with van der Waals surface area (Å²) < 4.78 is 17.5. The van der Waals surface area contributed by atoms with Crippen LogP contribution in [0.5, 0.6) is 0 Å². The summed E-state index contributed by atoms with van der Waals surface area (Å²) in [7, 11) is 0. The summed E-state index contributed by atoms with van der Waals surface area (Å²) in [5.41, 5.74) is 0. The molecule has 1 rings (SSSR count). The van der Waals surface area contributed by atoms with Gasteiger partial charge in [-0.25, -0.2) is 9.18 Å². The van der Waals surface area contributed by atoms with Crippen LogP contribution in [0.3, 0.4) is 0 Å². The molecule has 0 N–H and O–H groups in total. The van der Waals surface area contributed by atoms with Gasteiger partial charge in [0, 0.05) is 0 Å². The van der Waals surface area contributed by atoms with E-state index in [2.05, 4.69) is 4.99 Å². The zero-order chi connectivity index (χ0) is 8.27. The molecular weight excluding hydrogens is 149 g/mol. The molecule has 0 saturated carbocycles. The molecule has 4 heteroatoms. The van der Waals surface area contributed by atoms with Crippen molar-refractivity contribution in [1.82, 2.24) is 0 Å². The molecule has 11 heavy (non-hydrogen) atoms. The number of hydrogen-bond donors (Lipinski definition) is 0. The lowest BCUT2D eigenvalue weighted by atomic mass is 10.4. The van der Waals surface area contributed by atoms with Crippen LogP contribution in [-0.4, -0.2) is 6.08 Å². The topological polar surface area (TPSA) is 42.6 Å². The van der Waals surface area contributed by atoms with Gasteiger partial charge in [-0.05, 0) is 19.1 Å². The fourth-order valence-electron chi connectivity index (χ4n) is 0.691. The van der Waals surface area contributed by atoms with Crippen LogP contribution in [0.4, 0.5) is 4.39 Å². The van der Waals surface area contributed by atoms with E-state index in [1.54, 1.807) is 13.0 Å². The lowest BCUT2D eigenvalue weighted by Crippen LogP contribution is -1.81. The fraction of sp³-hybridized carbons (Fsp3) is 0.286. The van der Waals surface area contributed by atoms with Crippen molar-refractivity contribution in [2.45, 2.75) is 13.2 Å². The van der Waals surface area contributed by atoms with Crippen molar-refractivity contribution in [2.24, 2.45) is 4.99 Å². The molecule has 0 aromatic carbocycles. The van der Waals surface area contributed by atoms with Gasteiger partial charge in [-0.2, -0.15) is 4.99 Å². The molecular formula is C7H6FNO2. The molecule has 0 fully saturated rings. The lowest BCUT2D eigenvalue weighted by Gasteiger charge is -1.92. The molecule has 1 aromatic heterocycles. The number of rotatable bonds is 2. The molecule has 1 unspecified atom stereocenters. The van der Waals surface area contributed by atoms with Crippen LogP contribution >= 0.6 is 0 Å². The minimum Gasteiger partial charge on any atom is -0.461 e. The Balaban J connectivity index is 2.84. The van der Waals surface area contributed by atoms with Gasteiger partial charge in [-0.15, -0.1) is 0 Å². The molecule has 0 radical (unpaired) electrons. The van der Waals surface area contributed by atoms with Gasteiger partial charge in [-0.3, -0.25) is 0 Å². The number of aryl methyl sites for hydroxylation is 1. The third-order valence-corrected chi connectivity index (χ3v) is 1.16. The Morgan fingerprint density at radius 2 is 2.45 bits per heavy atom. The highest BCUT2D eigenvalue weighted by Crippen LogP contribution is 2.19. The maximum absolute atomic E-state index is 12.6. The molecule has 0 aliphatic carbocycles. The maximum Gasteiger partial charge on any atom is 0.258 e. The molecule has 0 amide bonds. The molecule has 0 bridgehead atoms. The first kappa shape index (κ1) is 7.69. The molecule has 3 nitrogen and oxygen atoms in total. The van der Waals surface area contributed by atoms with Gasteiger partial charge < -0.3 is 4.42 Å². The van der Waals surface area contributed by atoms with Crippen LogP contribution in [-0.2, 0) is 4.79 Å². The van der Waals surface area contributed by atoms with E-state index in [1.807, 2.05) is 0 Å². The molecule has 1 aromatic rings. The van der Waals surface area contributed by atoms with Gasteiger partial charge in [0.25, 0.3) is 6.30 Å². The van der Waals surface area contributed by atoms with Crippen molar-refractivity contribution in [3.05, 3.63) is 23.7 Å². The van der Waals surface area contributed by atoms with Crippen molar-refractivity contribution in [3.63, 3.8) is 0 Å². The van der Waals surface area contributed by atoms with E-state index in [9.17, 15) is 9.18 Å². The van der Waals surface area contributed by atoms with Gasteiger partial charge in [0.05, 0.1) is 0 Å². The van der Waals surface area contributed by atoms with E-state index in [0.29, 0.717) is 5.76 Å². The van der Waals surface area contributed by atoms with Gasteiger partial charge in [0.1, 0.15) is 5.76 Å². The minimum absolute atomic E-state index is 0.0332. The minimum atomic E-state index is -1.72. The van der Waals surface area contributed by atoms with Crippen LogP contribution in [0.1, 0.15) is 17.8 Å². The number of halogens is 1. The lowest BCUT2D eigenvalue weighted by molar-refractivity contribution is 0.292. The van der Waals surface area contributed by atoms with Crippen LogP contribution < -0.4 is 0 Å². The Kier molecular flexibility index (Phi) is 2.18. The number of carbonyl (C=O) groups excluding carboxylic acids is 1. The van der Waals surface area contributed by atoms with Crippen molar-refractivity contribution in [1.29, 1.82) is 0 Å². The molecule has 1 heterocycles. The predicted octanol–water partition coefficient (Wildman–Crippen LogP) is 1.89. The standard InChI is InChI=1S/C7H6FNO2/c1-5-2-3-6(11-5)7(8)9-4-10/h2-3,7H,1H3. The SMILES string of the molecule is Cc1ccc(C(F)N=C=O)o1. The molecule has 58 valence electrons. The number of nitrogens with zero attached hydrogens (tertiary/aromatic N) is 1. The van der Waals surface area contributed by atoms with Crippen molar-refractivity contribution < 1.29 is 13.6 Å². The molecule has 0 saturated heterocycles. The van der Waals surface area contributed by atoms with Crippen molar-refractivity contribution >= 4 is 6.08 Å². The summed E-state index contributed by atoms with van der Waals surface area (Å²) in [6.07, 6.45) is -0.606. The fourth-order valence-corrected chi connectivity index (χ4v) is 0.691. The average Bonchev–Trinajstić information content (AvgIpc) is 2.36.